The molecule has 2 rings (SSSR count). The number of aryl methyl sites for hydroxylation is 1. The van der Waals surface area contributed by atoms with Crippen LogP contribution in [0.2, 0.25) is 0 Å². The van der Waals surface area contributed by atoms with E-state index in [1.807, 2.05) is 37.5 Å². The third kappa shape index (κ3) is 2.32. The highest BCUT2D eigenvalue weighted by Crippen LogP contribution is 2.31. The van der Waals surface area contributed by atoms with Crippen LogP contribution in [0, 0.1) is 0 Å². The van der Waals surface area contributed by atoms with Crippen LogP contribution in [-0.2, 0) is 6.54 Å². The molecule has 0 atom stereocenters. The van der Waals surface area contributed by atoms with Crippen molar-refractivity contribution in [3.63, 3.8) is 0 Å². The lowest BCUT2D eigenvalue weighted by Gasteiger charge is -2.11. The molecule has 0 unspecified atom stereocenters. The SMILES string of the molecule is CCOc1ccc(-c2nccn2CC)cc1OC. The van der Waals surface area contributed by atoms with Gasteiger partial charge >= 0.3 is 0 Å². The Morgan fingerprint density at radius 3 is 2.72 bits per heavy atom. The maximum Gasteiger partial charge on any atom is 0.161 e. The first-order valence-electron chi connectivity index (χ1n) is 6.12. The molecule has 1 aromatic heterocycles. The molecule has 4 nitrogen and oxygen atoms in total. The predicted molar refractivity (Wildman–Crippen MR) is 71.1 cm³/mol. The highest BCUT2D eigenvalue weighted by molar-refractivity contribution is 5.61. The van der Waals surface area contributed by atoms with Crippen LogP contribution >= 0.6 is 0 Å². The smallest absolute Gasteiger partial charge is 0.161 e. The molecule has 0 aliphatic heterocycles. The largest absolute Gasteiger partial charge is 0.493 e. The molecule has 0 fully saturated rings. The molecule has 0 radical (unpaired) electrons. The monoisotopic (exact) mass is 246 g/mol. The minimum Gasteiger partial charge on any atom is -0.493 e. The number of rotatable bonds is 5. The van der Waals surface area contributed by atoms with Crippen LogP contribution in [0.4, 0.5) is 0 Å². The Hall–Kier alpha value is -1.97. The van der Waals surface area contributed by atoms with E-state index in [9.17, 15) is 0 Å². The fourth-order valence-electron chi connectivity index (χ4n) is 1.91. The second-order valence-electron chi connectivity index (χ2n) is 3.84. The van der Waals surface area contributed by atoms with E-state index in [4.69, 9.17) is 9.47 Å². The van der Waals surface area contributed by atoms with Crippen molar-refractivity contribution in [2.24, 2.45) is 0 Å². The van der Waals surface area contributed by atoms with E-state index in [0.717, 1.165) is 29.4 Å². The summed E-state index contributed by atoms with van der Waals surface area (Å²) in [5.74, 6) is 2.44. The minimum absolute atomic E-state index is 0.624. The molecular formula is C14H18N2O2. The van der Waals surface area contributed by atoms with E-state index >= 15 is 0 Å². The summed E-state index contributed by atoms with van der Waals surface area (Å²) in [7, 11) is 1.65. The summed E-state index contributed by atoms with van der Waals surface area (Å²) in [5, 5.41) is 0. The van der Waals surface area contributed by atoms with Gasteiger partial charge in [-0.2, -0.15) is 0 Å². The van der Waals surface area contributed by atoms with Crippen molar-refractivity contribution < 1.29 is 9.47 Å². The molecular weight excluding hydrogens is 228 g/mol. The topological polar surface area (TPSA) is 36.3 Å². The van der Waals surface area contributed by atoms with Gasteiger partial charge < -0.3 is 14.0 Å². The highest BCUT2D eigenvalue weighted by atomic mass is 16.5. The maximum absolute atomic E-state index is 5.50. The first-order chi connectivity index (χ1) is 8.80. The van der Waals surface area contributed by atoms with Gasteiger partial charge in [-0.1, -0.05) is 0 Å². The molecule has 0 N–H and O–H groups in total. The number of nitrogens with zero attached hydrogens (tertiary/aromatic N) is 2. The Labute approximate surface area is 107 Å². The van der Waals surface area contributed by atoms with Crippen molar-refractivity contribution in [2.75, 3.05) is 13.7 Å². The lowest BCUT2D eigenvalue weighted by Crippen LogP contribution is -1.98. The molecule has 1 aromatic carbocycles. The van der Waals surface area contributed by atoms with Crippen molar-refractivity contribution in [2.45, 2.75) is 20.4 Å². The number of hydrogen-bond donors (Lipinski definition) is 0. The minimum atomic E-state index is 0.624. The first kappa shape index (κ1) is 12.5. The van der Waals surface area contributed by atoms with Gasteiger partial charge in [-0.15, -0.1) is 0 Å². The van der Waals surface area contributed by atoms with Crippen LogP contribution in [-0.4, -0.2) is 23.3 Å². The second-order valence-corrected chi connectivity index (χ2v) is 3.84. The number of aromatic nitrogens is 2. The fraction of sp³-hybridized carbons (Fsp3) is 0.357. The van der Waals surface area contributed by atoms with Gasteiger partial charge in [0, 0.05) is 24.5 Å². The molecule has 2 aromatic rings. The van der Waals surface area contributed by atoms with Crippen LogP contribution in [0.5, 0.6) is 11.5 Å². The average molecular weight is 246 g/mol. The van der Waals surface area contributed by atoms with E-state index < -0.39 is 0 Å². The molecule has 0 spiro atoms. The number of imidazole rings is 1. The predicted octanol–water partition coefficient (Wildman–Crippen LogP) is 2.98. The van der Waals surface area contributed by atoms with Gasteiger partial charge in [0.25, 0.3) is 0 Å². The van der Waals surface area contributed by atoms with Crippen LogP contribution in [0.1, 0.15) is 13.8 Å². The van der Waals surface area contributed by atoms with E-state index in [1.165, 1.54) is 0 Å². The van der Waals surface area contributed by atoms with Crippen molar-refractivity contribution in [1.29, 1.82) is 0 Å². The van der Waals surface area contributed by atoms with Crippen LogP contribution in [0.3, 0.4) is 0 Å². The number of methoxy groups -OCH3 is 1. The Bertz CT molecular complexity index is 520. The summed E-state index contributed by atoms with van der Waals surface area (Å²) >= 11 is 0. The Kier molecular flexibility index (Phi) is 3.87. The zero-order valence-electron chi connectivity index (χ0n) is 11.0. The van der Waals surface area contributed by atoms with E-state index in [2.05, 4.69) is 16.5 Å². The van der Waals surface area contributed by atoms with E-state index in [-0.39, 0.29) is 0 Å². The summed E-state index contributed by atoms with van der Waals surface area (Å²) in [4.78, 5) is 4.37. The first-order valence-corrected chi connectivity index (χ1v) is 6.12. The van der Waals surface area contributed by atoms with E-state index in [1.54, 1.807) is 7.11 Å². The normalized spacial score (nSPS) is 10.4. The molecule has 96 valence electrons. The lowest BCUT2D eigenvalue weighted by molar-refractivity contribution is 0.311. The number of ether oxygens (including phenoxy) is 2. The molecule has 18 heavy (non-hydrogen) atoms. The summed E-state index contributed by atoms with van der Waals surface area (Å²) in [6.45, 7) is 5.57. The van der Waals surface area contributed by atoms with Crippen molar-refractivity contribution in [3.05, 3.63) is 30.6 Å². The summed E-state index contributed by atoms with van der Waals surface area (Å²) in [6, 6.07) is 5.88. The van der Waals surface area contributed by atoms with Gasteiger partial charge in [-0.05, 0) is 32.0 Å². The second kappa shape index (κ2) is 5.58. The summed E-state index contributed by atoms with van der Waals surface area (Å²) < 4.78 is 12.9. The van der Waals surface area contributed by atoms with Crippen molar-refractivity contribution >= 4 is 0 Å². The molecule has 0 saturated heterocycles. The van der Waals surface area contributed by atoms with Crippen LogP contribution in [0.25, 0.3) is 11.4 Å². The maximum atomic E-state index is 5.50. The van der Waals surface area contributed by atoms with Gasteiger partial charge in [0.15, 0.2) is 11.5 Å². The van der Waals surface area contributed by atoms with Gasteiger partial charge in [0.1, 0.15) is 5.82 Å². The van der Waals surface area contributed by atoms with Crippen molar-refractivity contribution in [1.82, 2.24) is 9.55 Å². The fourth-order valence-corrected chi connectivity index (χ4v) is 1.91. The molecule has 0 aliphatic rings. The molecule has 0 aliphatic carbocycles. The summed E-state index contributed by atoms with van der Waals surface area (Å²) in [5.41, 5.74) is 1.03. The number of hydrogen-bond acceptors (Lipinski definition) is 3. The lowest BCUT2D eigenvalue weighted by atomic mass is 10.2. The standard InChI is InChI=1S/C14H18N2O2/c1-4-16-9-8-15-14(16)11-6-7-12(18-5-2)13(10-11)17-3/h6-10H,4-5H2,1-3H3. The van der Waals surface area contributed by atoms with E-state index in [0.29, 0.717) is 6.61 Å². The van der Waals surface area contributed by atoms with Gasteiger partial charge in [-0.25, -0.2) is 4.98 Å². The Morgan fingerprint density at radius 1 is 1.22 bits per heavy atom. The Balaban J connectivity index is 2.41. The highest BCUT2D eigenvalue weighted by Gasteiger charge is 2.09. The Morgan fingerprint density at radius 2 is 2.06 bits per heavy atom. The molecule has 4 heteroatoms. The van der Waals surface area contributed by atoms with Gasteiger partial charge in [-0.3, -0.25) is 0 Å². The van der Waals surface area contributed by atoms with Crippen molar-refractivity contribution in [3.8, 4) is 22.9 Å². The molecule has 0 bridgehead atoms. The average Bonchev–Trinajstić information content (AvgIpc) is 2.88. The summed E-state index contributed by atoms with van der Waals surface area (Å²) in [6.07, 6.45) is 3.78. The quantitative estimate of drug-likeness (QED) is 0.813. The third-order valence-corrected chi connectivity index (χ3v) is 2.78. The zero-order valence-corrected chi connectivity index (χ0v) is 11.0. The molecule has 1 heterocycles. The molecule has 0 saturated carbocycles. The van der Waals surface area contributed by atoms with Crippen LogP contribution in [0.15, 0.2) is 30.6 Å². The zero-order chi connectivity index (χ0) is 13.0. The third-order valence-electron chi connectivity index (χ3n) is 2.78. The number of benzene rings is 1. The van der Waals surface area contributed by atoms with Gasteiger partial charge in [0.05, 0.1) is 13.7 Å². The molecule has 0 amide bonds. The van der Waals surface area contributed by atoms with Crippen LogP contribution < -0.4 is 9.47 Å². The van der Waals surface area contributed by atoms with Gasteiger partial charge in [0.2, 0.25) is 0 Å².